The van der Waals surface area contributed by atoms with Gasteiger partial charge in [0.25, 0.3) is 0 Å². The summed E-state index contributed by atoms with van der Waals surface area (Å²) in [5.41, 5.74) is -0.896. The summed E-state index contributed by atoms with van der Waals surface area (Å²) in [6.07, 6.45) is -1.09. The van der Waals surface area contributed by atoms with Crippen LogP contribution in [0.4, 0.5) is 13.2 Å². The zero-order valence-corrected chi connectivity index (χ0v) is 18.7. The van der Waals surface area contributed by atoms with E-state index < -0.39 is 52.4 Å². The highest BCUT2D eigenvalue weighted by molar-refractivity contribution is 6.27. The van der Waals surface area contributed by atoms with Crippen LogP contribution in [-0.2, 0) is 15.7 Å². The summed E-state index contributed by atoms with van der Waals surface area (Å²) in [6.45, 7) is 3.54. The van der Waals surface area contributed by atoms with Gasteiger partial charge in [0, 0.05) is 18.1 Å². The second-order valence-corrected chi connectivity index (χ2v) is 8.05. The van der Waals surface area contributed by atoms with Crippen LogP contribution in [0.2, 0.25) is 0 Å². The molecule has 0 bridgehead atoms. The van der Waals surface area contributed by atoms with Crippen molar-refractivity contribution in [2.24, 2.45) is 0 Å². The van der Waals surface area contributed by atoms with Gasteiger partial charge < -0.3 is 14.9 Å². The maximum absolute atomic E-state index is 13.1. The van der Waals surface area contributed by atoms with E-state index in [0.717, 1.165) is 48.1 Å². The molecule has 2 aromatic rings. The predicted octanol–water partition coefficient (Wildman–Crippen LogP) is 5.40. The highest BCUT2D eigenvalue weighted by Gasteiger charge is 2.35. The van der Waals surface area contributed by atoms with Crippen molar-refractivity contribution < 1.29 is 42.5 Å². The summed E-state index contributed by atoms with van der Waals surface area (Å²) < 4.78 is 44.1. The number of ketones is 2. The number of phenolic OH excluding ortho intramolecular Hbond substituents is 2. The Balaban J connectivity index is 1.89. The van der Waals surface area contributed by atoms with Gasteiger partial charge in [-0.1, -0.05) is 23.8 Å². The second-order valence-electron chi connectivity index (χ2n) is 8.05. The first-order valence-electron chi connectivity index (χ1n) is 10.4. The average Bonchev–Trinajstić information content (AvgIpc) is 2.78. The van der Waals surface area contributed by atoms with Crippen molar-refractivity contribution in [3.63, 3.8) is 0 Å². The Labute approximate surface area is 198 Å². The number of rotatable bonds is 6. The van der Waals surface area contributed by atoms with E-state index in [9.17, 15) is 37.8 Å². The molecule has 3 rings (SSSR count). The molecule has 6 nitrogen and oxygen atoms in total. The number of allylic oxidation sites excluding steroid dienone is 2. The second kappa shape index (κ2) is 10.0. The third-order valence-corrected chi connectivity index (χ3v) is 5.15. The number of hydrogen-bond acceptors (Lipinski definition) is 6. The van der Waals surface area contributed by atoms with E-state index in [2.05, 4.69) is 0 Å². The van der Waals surface area contributed by atoms with E-state index in [1.165, 1.54) is 12.1 Å². The van der Waals surface area contributed by atoms with E-state index in [-0.39, 0.29) is 23.1 Å². The number of ether oxygens (including phenoxy) is 1. The lowest BCUT2D eigenvalue weighted by Crippen LogP contribution is -2.28. The number of alkyl halides is 3. The van der Waals surface area contributed by atoms with Gasteiger partial charge in [-0.25, -0.2) is 4.79 Å². The number of benzene rings is 2. The molecular formula is C26H21F3O6. The third kappa shape index (κ3) is 5.87. The number of aromatic hydroxyl groups is 2. The lowest BCUT2D eigenvalue weighted by atomic mass is 9.85. The molecule has 1 aliphatic rings. The van der Waals surface area contributed by atoms with E-state index in [4.69, 9.17) is 4.74 Å². The summed E-state index contributed by atoms with van der Waals surface area (Å²) in [7, 11) is 0. The van der Waals surface area contributed by atoms with Crippen LogP contribution in [0.25, 0.3) is 6.08 Å². The lowest BCUT2D eigenvalue weighted by molar-refractivity contribution is -0.141. The van der Waals surface area contributed by atoms with Crippen molar-refractivity contribution >= 4 is 23.6 Å². The van der Waals surface area contributed by atoms with Crippen molar-refractivity contribution in [3.05, 3.63) is 88.0 Å². The van der Waals surface area contributed by atoms with Gasteiger partial charge in [-0.3, -0.25) is 9.59 Å². The molecule has 0 aliphatic heterocycles. The average molecular weight is 486 g/mol. The number of halogens is 3. The molecule has 0 spiro atoms. The van der Waals surface area contributed by atoms with Gasteiger partial charge in [0.1, 0.15) is 17.6 Å². The highest BCUT2D eigenvalue weighted by atomic mass is 19.4. The van der Waals surface area contributed by atoms with Crippen LogP contribution in [0.5, 0.6) is 11.5 Å². The van der Waals surface area contributed by atoms with Crippen molar-refractivity contribution in [2.45, 2.75) is 32.5 Å². The van der Waals surface area contributed by atoms with Crippen LogP contribution in [0, 0.1) is 0 Å². The molecule has 2 N–H and O–H groups in total. The van der Waals surface area contributed by atoms with Crippen molar-refractivity contribution in [3.8, 4) is 11.5 Å². The Morgan fingerprint density at radius 1 is 1.06 bits per heavy atom. The minimum atomic E-state index is -4.55. The number of fused-ring (bicyclic) bond motifs is 1. The SMILES string of the molecule is CC(C)=CC[C@@H](OC(=O)/C=C/c1cccc(C(F)(F)F)c1)C1=CC(=O)c2c(O)ccc(O)c2C1=O. The van der Waals surface area contributed by atoms with Crippen LogP contribution < -0.4 is 0 Å². The van der Waals surface area contributed by atoms with Gasteiger partial charge >= 0.3 is 12.1 Å². The van der Waals surface area contributed by atoms with Gasteiger partial charge in [0.2, 0.25) is 0 Å². The van der Waals surface area contributed by atoms with Crippen molar-refractivity contribution in [2.75, 3.05) is 0 Å². The molecule has 35 heavy (non-hydrogen) atoms. The minimum absolute atomic E-state index is 0.0191. The fourth-order valence-corrected chi connectivity index (χ4v) is 3.47. The molecule has 0 unspecified atom stereocenters. The van der Waals surface area contributed by atoms with E-state index in [1.54, 1.807) is 19.9 Å². The lowest BCUT2D eigenvalue weighted by Gasteiger charge is -2.23. The van der Waals surface area contributed by atoms with E-state index >= 15 is 0 Å². The molecule has 0 aromatic heterocycles. The molecular weight excluding hydrogens is 465 g/mol. The zero-order valence-electron chi connectivity index (χ0n) is 18.7. The molecule has 1 aliphatic carbocycles. The van der Waals surface area contributed by atoms with Gasteiger partial charge in [-0.2, -0.15) is 13.2 Å². The van der Waals surface area contributed by atoms with E-state index in [1.807, 2.05) is 0 Å². The van der Waals surface area contributed by atoms with Gasteiger partial charge in [-0.15, -0.1) is 0 Å². The zero-order chi connectivity index (χ0) is 25.9. The summed E-state index contributed by atoms with van der Waals surface area (Å²) in [5, 5.41) is 20.1. The maximum Gasteiger partial charge on any atom is 0.416 e. The van der Waals surface area contributed by atoms with Crippen LogP contribution in [-0.4, -0.2) is 33.9 Å². The highest BCUT2D eigenvalue weighted by Crippen LogP contribution is 2.36. The molecule has 2 aromatic carbocycles. The van der Waals surface area contributed by atoms with Crippen LogP contribution in [0.15, 0.2) is 65.8 Å². The quantitative estimate of drug-likeness (QED) is 0.245. The third-order valence-electron chi connectivity index (χ3n) is 5.15. The Morgan fingerprint density at radius 3 is 2.34 bits per heavy atom. The maximum atomic E-state index is 13.1. The number of carbonyl (C=O) groups is 3. The van der Waals surface area contributed by atoms with Crippen molar-refractivity contribution in [1.29, 1.82) is 0 Å². The summed E-state index contributed by atoms with van der Waals surface area (Å²) in [6, 6.07) is 6.48. The number of hydrogen-bond donors (Lipinski definition) is 2. The minimum Gasteiger partial charge on any atom is -0.507 e. The number of carbonyl (C=O) groups excluding carboxylic acids is 3. The Morgan fingerprint density at radius 2 is 1.71 bits per heavy atom. The molecule has 0 saturated carbocycles. The molecule has 1 atom stereocenters. The molecule has 0 saturated heterocycles. The fraction of sp³-hybridized carbons (Fsp3) is 0.192. The molecule has 0 amide bonds. The molecule has 9 heteroatoms. The Kier molecular flexibility index (Phi) is 7.28. The first-order valence-corrected chi connectivity index (χ1v) is 10.4. The monoisotopic (exact) mass is 486 g/mol. The summed E-state index contributed by atoms with van der Waals surface area (Å²) >= 11 is 0. The van der Waals surface area contributed by atoms with Crippen LogP contribution in [0.3, 0.4) is 0 Å². The topological polar surface area (TPSA) is 101 Å². The smallest absolute Gasteiger partial charge is 0.416 e. The number of Topliss-reactive ketones (excluding diaryl/α,β-unsaturated/α-hetero) is 1. The van der Waals surface area contributed by atoms with Gasteiger partial charge in [0.15, 0.2) is 11.6 Å². The predicted molar refractivity (Wildman–Crippen MR) is 121 cm³/mol. The number of phenols is 2. The molecule has 0 heterocycles. The summed E-state index contributed by atoms with van der Waals surface area (Å²) in [4.78, 5) is 38.2. The van der Waals surface area contributed by atoms with E-state index in [0.29, 0.717) is 0 Å². The first-order chi connectivity index (χ1) is 16.4. The Bertz CT molecular complexity index is 1280. The first kappa shape index (κ1) is 25.5. The fourth-order valence-electron chi connectivity index (χ4n) is 3.47. The summed E-state index contributed by atoms with van der Waals surface area (Å²) in [5.74, 6) is -3.50. The molecule has 182 valence electrons. The van der Waals surface area contributed by atoms with Gasteiger partial charge in [0.05, 0.1) is 16.7 Å². The number of esters is 1. The van der Waals surface area contributed by atoms with Crippen molar-refractivity contribution in [1.82, 2.24) is 0 Å². The normalized spacial score (nSPS) is 14.4. The van der Waals surface area contributed by atoms with Crippen LogP contribution >= 0.6 is 0 Å². The van der Waals surface area contributed by atoms with Gasteiger partial charge in [-0.05, 0) is 55.8 Å². The molecule has 0 fully saturated rings. The van der Waals surface area contributed by atoms with Crippen LogP contribution in [0.1, 0.15) is 52.1 Å². The standard InChI is InChI=1S/C26H21F3O6/c1-14(2)6-10-21(17-13-20(32)23-18(30)8-9-19(31)24(23)25(17)34)35-22(33)11-7-15-4-3-5-16(12-15)26(27,28)29/h3-9,11-13,21,30-31H,10H2,1-2H3/b11-7+/t21-/m1/s1. The largest absolute Gasteiger partial charge is 0.507 e. The Hall–Kier alpha value is -4.14. The molecule has 0 radical (unpaired) electrons.